The van der Waals surface area contributed by atoms with Crippen LogP contribution in [0.2, 0.25) is 5.02 Å². The molecule has 6 nitrogen and oxygen atoms in total. The lowest BCUT2D eigenvalue weighted by Gasteiger charge is -2.24. The maximum Gasteiger partial charge on any atom is 0.254 e. The van der Waals surface area contributed by atoms with Gasteiger partial charge in [0, 0.05) is 35.9 Å². The molecule has 0 saturated carbocycles. The second-order valence-corrected chi connectivity index (χ2v) is 7.22. The van der Waals surface area contributed by atoms with Crippen molar-refractivity contribution in [2.45, 2.75) is 13.1 Å². The molecule has 1 amide bonds. The largest absolute Gasteiger partial charge is 0.330 e. The van der Waals surface area contributed by atoms with Crippen LogP contribution in [0.4, 0.5) is 8.78 Å². The minimum Gasteiger partial charge on any atom is -0.330 e. The first-order valence-electron chi connectivity index (χ1n) is 9.29. The summed E-state index contributed by atoms with van der Waals surface area (Å²) in [6.45, 7) is 0.315. The highest BCUT2D eigenvalue weighted by molar-refractivity contribution is 6.31. The number of hydrogen-bond acceptors (Lipinski definition) is 4. The number of aromatic nitrogens is 4. The van der Waals surface area contributed by atoms with Gasteiger partial charge in [0.1, 0.15) is 17.3 Å². The summed E-state index contributed by atoms with van der Waals surface area (Å²) in [6.07, 6.45) is 3.16. The van der Waals surface area contributed by atoms with Gasteiger partial charge in [0.15, 0.2) is 0 Å². The Kier molecular flexibility index (Phi) is 5.99. The number of carbonyl (C=O) groups is 1. The minimum atomic E-state index is -0.820. The third-order valence-corrected chi connectivity index (χ3v) is 4.96. The second kappa shape index (κ2) is 9.01. The topological polar surface area (TPSA) is 74.8 Å². The maximum absolute atomic E-state index is 13.7. The fraction of sp³-hybridized carbons (Fsp3) is 0.0909. The average molecular weight is 440 g/mol. The fourth-order valence-electron chi connectivity index (χ4n) is 3.11. The van der Waals surface area contributed by atoms with E-state index in [1.54, 1.807) is 48.8 Å². The Morgan fingerprint density at radius 2 is 1.74 bits per heavy atom. The van der Waals surface area contributed by atoms with E-state index in [0.717, 1.165) is 23.8 Å². The summed E-state index contributed by atoms with van der Waals surface area (Å²) in [5.74, 6) is -2.17. The molecule has 0 aliphatic heterocycles. The third-order valence-electron chi connectivity index (χ3n) is 4.59. The molecule has 2 heterocycles. The van der Waals surface area contributed by atoms with E-state index in [1.165, 1.54) is 4.90 Å². The number of halogens is 3. The molecule has 0 atom stereocenters. The molecule has 4 rings (SSSR count). The van der Waals surface area contributed by atoms with Gasteiger partial charge in [-0.2, -0.15) is 15.4 Å². The zero-order valence-corrected chi connectivity index (χ0v) is 16.9. The number of rotatable bonds is 6. The maximum atomic E-state index is 13.7. The van der Waals surface area contributed by atoms with Gasteiger partial charge in [0.2, 0.25) is 0 Å². The van der Waals surface area contributed by atoms with Gasteiger partial charge in [-0.15, -0.1) is 0 Å². The Labute approximate surface area is 181 Å². The van der Waals surface area contributed by atoms with Crippen LogP contribution in [0.5, 0.6) is 0 Å². The molecular formula is C22H16ClF2N5O. The Balaban J connectivity index is 1.63. The predicted octanol–water partition coefficient (Wildman–Crippen LogP) is 4.64. The molecule has 0 spiro atoms. The summed E-state index contributed by atoms with van der Waals surface area (Å²) in [4.78, 5) is 18.9. The summed E-state index contributed by atoms with van der Waals surface area (Å²) >= 11 is 6.26. The van der Waals surface area contributed by atoms with Crippen LogP contribution < -0.4 is 0 Å². The summed E-state index contributed by atoms with van der Waals surface area (Å²) in [5.41, 5.74) is 2.56. The summed E-state index contributed by atoms with van der Waals surface area (Å²) < 4.78 is 27.4. The molecule has 0 fully saturated rings. The first-order valence-corrected chi connectivity index (χ1v) is 9.67. The van der Waals surface area contributed by atoms with Gasteiger partial charge >= 0.3 is 0 Å². The molecule has 2 aromatic carbocycles. The SMILES string of the molecule is O=C(c1cc(F)cc(F)c1)N(Cc1ccc(-c2cn[nH]n2)nc1)Cc1ccccc1Cl. The van der Waals surface area contributed by atoms with Crippen LogP contribution in [0.15, 0.2) is 67.0 Å². The van der Waals surface area contributed by atoms with Gasteiger partial charge in [0.25, 0.3) is 5.91 Å². The van der Waals surface area contributed by atoms with E-state index < -0.39 is 17.5 Å². The molecule has 1 N–H and O–H groups in total. The number of amides is 1. The summed E-state index contributed by atoms with van der Waals surface area (Å²) in [5, 5.41) is 10.7. The van der Waals surface area contributed by atoms with Gasteiger partial charge < -0.3 is 4.90 Å². The quantitative estimate of drug-likeness (QED) is 0.475. The number of H-pyrrole nitrogens is 1. The predicted molar refractivity (Wildman–Crippen MR) is 111 cm³/mol. The van der Waals surface area contributed by atoms with Gasteiger partial charge in [-0.05, 0) is 35.4 Å². The zero-order valence-electron chi connectivity index (χ0n) is 16.1. The van der Waals surface area contributed by atoms with E-state index >= 15 is 0 Å². The normalized spacial score (nSPS) is 10.8. The standard InChI is InChI=1S/C22H16ClF2N5O/c23-19-4-2-1-3-15(19)13-30(22(31)16-7-17(24)9-18(25)8-16)12-14-5-6-20(26-10-14)21-11-27-29-28-21/h1-11H,12-13H2,(H,27,28,29). The Morgan fingerprint density at radius 1 is 0.968 bits per heavy atom. The van der Waals surface area contributed by atoms with Crippen molar-refractivity contribution in [3.8, 4) is 11.4 Å². The van der Waals surface area contributed by atoms with Crippen LogP contribution >= 0.6 is 11.6 Å². The first-order chi connectivity index (χ1) is 15.0. The van der Waals surface area contributed by atoms with Crippen molar-refractivity contribution in [1.29, 1.82) is 0 Å². The zero-order chi connectivity index (χ0) is 21.8. The molecule has 0 bridgehead atoms. The molecule has 0 aliphatic carbocycles. The van der Waals surface area contributed by atoms with Crippen LogP contribution in [0.25, 0.3) is 11.4 Å². The van der Waals surface area contributed by atoms with Crippen LogP contribution in [0, 0.1) is 11.6 Å². The molecule has 0 aliphatic rings. The van der Waals surface area contributed by atoms with Crippen LogP contribution in [-0.4, -0.2) is 31.2 Å². The van der Waals surface area contributed by atoms with Crippen molar-refractivity contribution in [2.24, 2.45) is 0 Å². The molecule has 0 saturated heterocycles. The Morgan fingerprint density at radius 3 is 2.39 bits per heavy atom. The molecule has 4 aromatic rings. The molecule has 2 aromatic heterocycles. The fourth-order valence-corrected chi connectivity index (χ4v) is 3.30. The highest BCUT2D eigenvalue weighted by Gasteiger charge is 2.20. The number of aromatic amines is 1. The van der Waals surface area contributed by atoms with Gasteiger partial charge in [-0.25, -0.2) is 8.78 Å². The Hall–Kier alpha value is -3.65. The van der Waals surface area contributed by atoms with Crippen molar-refractivity contribution in [2.75, 3.05) is 0 Å². The lowest BCUT2D eigenvalue weighted by molar-refractivity contribution is 0.0729. The van der Waals surface area contributed by atoms with Gasteiger partial charge in [0.05, 0.1) is 11.9 Å². The minimum absolute atomic E-state index is 0.0864. The number of benzene rings is 2. The monoisotopic (exact) mass is 439 g/mol. The number of nitrogens with one attached hydrogen (secondary N) is 1. The van der Waals surface area contributed by atoms with Crippen LogP contribution in [0.3, 0.4) is 0 Å². The highest BCUT2D eigenvalue weighted by Crippen LogP contribution is 2.21. The van der Waals surface area contributed by atoms with Crippen LogP contribution in [0.1, 0.15) is 21.5 Å². The molecule has 31 heavy (non-hydrogen) atoms. The summed E-state index contributed by atoms with van der Waals surface area (Å²) in [7, 11) is 0. The lowest BCUT2D eigenvalue weighted by Crippen LogP contribution is -2.30. The average Bonchev–Trinajstić information content (AvgIpc) is 3.29. The van der Waals surface area contributed by atoms with E-state index in [4.69, 9.17) is 11.6 Å². The smallest absolute Gasteiger partial charge is 0.254 e. The van der Waals surface area contributed by atoms with E-state index in [1.807, 2.05) is 0 Å². The molecule has 0 radical (unpaired) electrons. The molecule has 0 unspecified atom stereocenters. The van der Waals surface area contributed by atoms with Crippen molar-refractivity contribution in [3.05, 3.63) is 100 Å². The van der Waals surface area contributed by atoms with E-state index in [2.05, 4.69) is 20.4 Å². The number of hydrogen-bond donors (Lipinski definition) is 1. The van der Waals surface area contributed by atoms with Crippen molar-refractivity contribution >= 4 is 17.5 Å². The molecule has 156 valence electrons. The molecule has 9 heteroatoms. The van der Waals surface area contributed by atoms with Crippen molar-refractivity contribution in [1.82, 2.24) is 25.3 Å². The molecular weight excluding hydrogens is 424 g/mol. The number of carbonyl (C=O) groups excluding carboxylic acids is 1. The number of nitrogens with zero attached hydrogens (tertiary/aromatic N) is 4. The van der Waals surface area contributed by atoms with Crippen LogP contribution in [-0.2, 0) is 13.1 Å². The van der Waals surface area contributed by atoms with Crippen molar-refractivity contribution in [3.63, 3.8) is 0 Å². The van der Waals surface area contributed by atoms with E-state index in [-0.39, 0.29) is 18.7 Å². The number of pyridine rings is 1. The van der Waals surface area contributed by atoms with Crippen molar-refractivity contribution < 1.29 is 13.6 Å². The van der Waals surface area contributed by atoms with E-state index in [9.17, 15) is 13.6 Å². The second-order valence-electron chi connectivity index (χ2n) is 6.82. The first kappa shape index (κ1) is 20.6. The van der Waals surface area contributed by atoms with Gasteiger partial charge in [-0.3, -0.25) is 9.78 Å². The third kappa shape index (κ3) is 4.92. The lowest BCUT2D eigenvalue weighted by atomic mass is 10.1. The highest BCUT2D eigenvalue weighted by atomic mass is 35.5. The Bertz CT molecular complexity index is 1180. The van der Waals surface area contributed by atoms with Gasteiger partial charge in [-0.1, -0.05) is 35.9 Å². The summed E-state index contributed by atoms with van der Waals surface area (Å²) in [6, 6.07) is 13.4. The van der Waals surface area contributed by atoms with E-state index in [0.29, 0.717) is 22.0 Å².